The Hall–Kier alpha value is -1.62. The summed E-state index contributed by atoms with van der Waals surface area (Å²) >= 11 is 0. The van der Waals surface area contributed by atoms with E-state index >= 15 is 0 Å². The maximum absolute atomic E-state index is 11.9. The molecule has 92 valence electrons. The fourth-order valence-electron chi connectivity index (χ4n) is 1.97. The lowest BCUT2D eigenvalue weighted by molar-refractivity contribution is 0.0136. The molecule has 2 unspecified atom stereocenters. The zero-order chi connectivity index (χ0) is 12.3. The van der Waals surface area contributed by atoms with Crippen LogP contribution in [-0.4, -0.2) is 34.8 Å². The van der Waals surface area contributed by atoms with Crippen LogP contribution in [-0.2, 0) is 4.74 Å². The van der Waals surface area contributed by atoms with Crippen LogP contribution in [0.15, 0.2) is 18.5 Å². The lowest BCUT2D eigenvalue weighted by atomic mass is 10.0. The summed E-state index contributed by atoms with van der Waals surface area (Å²) in [5.74, 6) is -0.353. The van der Waals surface area contributed by atoms with E-state index in [2.05, 4.69) is 10.3 Å². The first-order chi connectivity index (χ1) is 8.16. The van der Waals surface area contributed by atoms with Crippen molar-refractivity contribution in [2.24, 2.45) is 0 Å². The number of amides is 1. The molecule has 1 amide bonds. The van der Waals surface area contributed by atoms with Gasteiger partial charge in [-0.2, -0.15) is 0 Å². The van der Waals surface area contributed by atoms with Gasteiger partial charge in [0.15, 0.2) is 0 Å². The summed E-state index contributed by atoms with van der Waals surface area (Å²) in [7, 11) is 0. The molecule has 5 heteroatoms. The molecule has 2 atom stereocenters. The van der Waals surface area contributed by atoms with Gasteiger partial charge in [-0.25, -0.2) is 0 Å². The number of hydrogen-bond donors (Lipinski definition) is 2. The first-order valence-electron chi connectivity index (χ1n) is 5.72. The van der Waals surface area contributed by atoms with Gasteiger partial charge < -0.3 is 15.2 Å². The van der Waals surface area contributed by atoms with Crippen molar-refractivity contribution in [3.05, 3.63) is 24.0 Å². The average Bonchev–Trinajstić information content (AvgIpc) is 2.29. The van der Waals surface area contributed by atoms with Crippen LogP contribution in [0.1, 0.15) is 30.1 Å². The van der Waals surface area contributed by atoms with Crippen molar-refractivity contribution < 1.29 is 14.6 Å². The molecule has 2 heterocycles. The number of nitrogens with one attached hydrogen (secondary N) is 1. The average molecular weight is 236 g/mol. The van der Waals surface area contributed by atoms with Crippen molar-refractivity contribution in [1.29, 1.82) is 0 Å². The van der Waals surface area contributed by atoms with E-state index in [0.29, 0.717) is 6.61 Å². The smallest absolute Gasteiger partial charge is 0.255 e. The first-order valence-corrected chi connectivity index (χ1v) is 5.72. The predicted molar refractivity (Wildman–Crippen MR) is 61.8 cm³/mol. The van der Waals surface area contributed by atoms with Gasteiger partial charge in [0.25, 0.3) is 5.91 Å². The van der Waals surface area contributed by atoms with Crippen LogP contribution in [0, 0.1) is 0 Å². The molecule has 1 aromatic rings. The molecule has 5 nitrogen and oxygen atoms in total. The van der Waals surface area contributed by atoms with Gasteiger partial charge in [0, 0.05) is 18.8 Å². The predicted octanol–water partition coefficient (Wildman–Crippen LogP) is 1.08. The SMILES string of the molecule is CC1CC(NC(=O)c2ccncc2O)CCO1. The van der Waals surface area contributed by atoms with Crippen LogP contribution in [0.4, 0.5) is 0 Å². The number of aromatic nitrogens is 1. The van der Waals surface area contributed by atoms with Crippen molar-refractivity contribution in [3.8, 4) is 5.75 Å². The quantitative estimate of drug-likeness (QED) is 0.806. The third-order valence-corrected chi connectivity index (χ3v) is 2.87. The van der Waals surface area contributed by atoms with E-state index in [1.54, 1.807) is 0 Å². The lowest BCUT2D eigenvalue weighted by Crippen LogP contribution is -2.41. The van der Waals surface area contributed by atoms with Gasteiger partial charge in [-0.1, -0.05) is 0 Å². The molecule has 1 aliphatic rings. The maximum atomic E-state index is 11.9. The molecule has 0 aromatic carbocycles. The molecule has 1 saturated heterocycles. The molecule has 0 bridgehead atoms. The number of nitrogens with zero attached hydrogens (tertiary/aromatic N) is 1. The van der Waals surface area contributed by atoms with E-state index in [1.165, 1.54) is 18.5 Å². The Morgan fingerprint density at radius 3 is 3.18 bits per heavy atom. The number of hydrogen-bond acceptors (Lipinski definition) is 4. The van der Waals surface area contributed by atoms with Crippen LogP contribution in [0.5, 0.6) is 5.75 Å². The van der Waals surface area contributed by atoms with E-state index in [0.717, 1.165) is 12.8 Å². The molecular weight excluding hydrogens is 220 g/mol. The van der Waals surface area contributed by atoms with E-state index in [1.807, 2.05) is 6.92 Å². The zero-order valence-electron chi connectivity index (χ0n) is 9.72. The first kappa shape index (κ1) is 11.9. The topological polar surface area (TPSA) is 71.5 Å². The van der Waals surface area contributed by atoms with E-state index < -0.39 is 0 Å². The second-order valence-electron chi connectivity index (χ2n) is 4.27. The van der Waals surface area contributed by atoms with Crippen LogP contribution < -0.4 is 5.32 Å². The summed E-state index contributed by atoms with van der Waals surface area (Å²) in [5, 5.41) is 12.4. The highest BCUT2D eigenvalue weighted by Gasteiger charge is 2.22. The minimum atomic E-state index is -0.260. The molecule has 0 saturated carbocycles. The van der Waals surface area contributed by atoms with Crippen molar-refractivity contribution in [2.75, 3.05) is 6.61 Å². The van der Waals surface area contributed by atoms with Crippen LogP contribution in [0.2, 0.25) is 0 Å². The summed E-state index contributed by atoms with van der Waals surface area (Å²) in [4.78, 5) is 15.6. The Kier molecular flexibility index (Phi) is 3.58. The molecule has 2 rings (SSSR count). The Morgan fingerprint density at radius 1 is 1.65 bits per heavy atom. The van der Waals surface area contributed by atoms with Gasteiger partial charge in [0.1, 0.15) is 5.75 Å². The number of pyridine rings is 1. The van der Waals surface area contributed by atoms with Crippen molar-refractivity contribution in [3.63, 3.8) is 0 Å². The van der Waals surface area contributed by atoms with Crippen molar-refractivity contribution in [2.45, 2.75) is 31.9 Å². The highest BCUT2D eigenvalue weighted by atomic mass is 16.5. The normalized spacial score (nSPS) is 24.3. The highest BCUT2D eigenvalue weighted by molar-refractivity contribution is 5.96. The standard InChI is InChI=1S/C12H16N2O3/c1-8-6-9(3-5-17-8)14-12(16)10-2-4-13-7-11(10)15/h2,4,7-9,15H,3,5-6H2,1H3,(H,14,16). The van der Waals surface area contributed by atoms with Gasteiger partial charge in [-0.3, -0.25) is 9.78 Å². The molecule has 0 aliphatic carbocycles. The second-order valence-corrected chi connectivity index (χ2v) is 4.27. The molecule has 1 aromatic heterocycles. The van der Waals surface area contributed by atoms with Gasteiger partial charge in [-0.15, -0.1) is 0 Å². The molecule has 17 heavy (non-hydrogen) atoms. The fourth-order valence-corrected chi connectivity index (χ4v) is 1.97. The molecular formula is C12H16N2O3. The number of aromatic hydroxyl groups is 1. The van der Waals surface area contributed by atoms with Crippen LogP contribution in [0.25, 0.3) is 0 Å². The number of ether oxygens (including phenoxy) is 1. The number of rotatable bonds is 2. The zero-order valence-corrected chi connectivity index (χ0v) is 9.72. The van der Waals surface area contributed by atoms with Crippen LogP contribution >= 0.6 is 0 Å². The summed E-state index contributed by atoms with van der Waals surface area (Å²) in [6.45, 7) is 2.65. The Morgan fingerprint density at radius 2 is 2.47 bits per heavy atom. The fraction of sp³-hybridized carbons (Fsp3) is 0.500. The van der Waals surface area contributed by atoms with E-state index in [4.69, 9.17) is 4.74 Å². The number of carbonyl (C=O) groups is 1. The Labute approximate surface area is 99.8 Å². The molecule has 2 N–H and O–H groups in total. The van der Waals surface area contributed by atoms with Gasteiger partial charge in [0.2, 0.25) is 0 Å². The Balaban J connectivity index is 1.99. The maximum Gasteiger partial charge on any atom is 0.255 e. The Bertz CT molecular complexity index is 408. The highest BCUT2D eigenvalue weighted by Crippen LogP contribution is 2.17. The summed E-state index contributed by atoms with van der Waals surface area (Å²) in [6.07, 6.45) is 4.53. The third kappa shape index (κ3) is 2.94. The van der Waals surface area contributed by atoms with Crippen molar-refractivity contribution in [1.82, 2.24) is 10.3 Å². The van der Waals surface area contributed by atoms with E-state index in [-0.39, 0.29) is 29.4 Å². The van der Waals surface area contributed by atoms with Gasteiger partial charge in [-0.05, 0) is 25.8 Å². The van der Waals surface area contributed by atoms with Crippen LogP contribution in [0.3, 0.4) is 0 Å². The summed E-state index contributed by atoms with van der Waals surface area (Å²) in [6, 6.07) is 1.62. The number of carbonyl (C=O) groups excluding carboxylic acids is 1. The van der Waals surface area contributed by atoms with Crippen molar-refractivity contribution >= 4 is 5.91 Å². The molecule has 1 aliphatic heterocycles. The van der Waals surface area contributed by atoms with Gasteiger partial charge in [0.05, 0.1) is 17.9 Å². The van der Waals surface area contributed by atoms with Gasteiger partial charge >= 0.3 is 0 Å². The summed E-state index contributed by atoms with van der Waals surface area (Å²) in [5.41, 5.74) is 0.263. The largest absolute Gasteiger partial charge is 0.505 e. The minimum absolute atomic E-state index is 0.0925. The third-order valence-electron chi connectivity index (χ3n) is 2.87. The van der Waals surface area contributed by atoms with E-state index in [9.17, 15) is 9.90 Å². The monoisotopic (exact) mass is 236 g/mol. The lowest BCUT2D eigenvalue weighted by Gasteiger charge is -2.27. The second kappa shape index (κ2) is 5.14. The molecule has 1 fully saturated rings. The molecule has 0 spiro atoms. The summed E-state index contributed by atoms with van der Waals surface area (Å²) < 4.78 is 5.41. The minimum Gasteiger partial charge on any atom is -0.505 e. The molecule has 0 radical (unpaired) electrons.